The first kappa shape index (κ1) is 16.6. The second-order valence-corrected chi connectivity index (χ2v) is 7.20. The first-order valence-electron chi connectivity index (χ1n) is 7.49. The average Bonchev–Trinajstić information content (AvgIpc) is 2.54. The van der Waals surface area contributed by atoms with Crippen LogP contribution >= 0.6 is 0 Å². The van der Waals surface area contributed by atoms with Gasteiger partial charge in [-0.15, -0.1) is 0 Å². The third kappa shape index (κ3) is 3.04. The van der Waals surface area contributed by atoms with Crippen LogP contribution in [0.1, 0.15) is 20.8 Å². The molecule has 1 aliphatic rings. The Morgan fingerprint density at radius 2 is 1.91 bits per heavy atom. The molecule has 0 bridgehead atoms. The average molecular weight is 326 g/mol. The van der Waals surface area contributed by atoms with Gasteiger partial charge in [-0.2, -0.15) is 0 Å². The number of sulfonamides is 1. The van der Waals surface area contributed by atoms with E-state index in [1.165, 1.54) is 4.31 Å². The predicted molar refractivity (Wildman–Crippen MR) is 85.6 cm³/mol. The molecule has 0 spiro atoms. The molecule has 22 heavy (non-hydrogen) atoms. The minimum atomic E-state index is -3.46. The number of amides is 1. The Balaban J connectivity index is 2.39. The Bertz CT molecular complexity index is 641. The molecule has 122 valence electrons. The molecule has 1 aromatic carbocycles. The summed E-state index contributed by atoms with van der Waals surface area (Å²) >= 11 is 0. The third-order valence-corrected chi connectivity index (χ3v) is 5.53. The molecule has 0 radical (unpaired) electrons. The Morgan fingerprint density at radius 1 is 1.27 bits per heavy atom. The number of likely N-dealkylation sites (N-methyl/N-ethyl adjacent to an activating group) is 1. The second-order valence-electron chi connectivity index (χ2n) is 5.02. The SMILES string of the molecule is CCN(CC)C(=O)[C@H]1CN(S(=O)(=O)CC)c2ccccc2O1. The molecule has 7 heteroatoms. The van der Waals surface area contributed by atoms with Gasteiger partial charge in [-0.1, -0.05) is 12.1 Å². The summed E-state index contributed by atoms with van der Waals surface area (Å²) in [6.45, 7) is 6.52. The molecule has 1 heterocycles. The Morgan fingerprint density at radius 3 is 2.50 bits per heavy atom. The minimum absolute atomic E-state index is 0.0164. The van der Waals surface area contributed by atoms with Gasteiger partial charge in [-0.25, -0.2) is 8.42 Å². The van der Waals surface area contributed by atoms with Crippen LogP contribution in [0.2, 0.25) is 0 Å². The summed E-state index contributed by atoms with van der Waals surface area (Å²) in [4.78, 5) is 14.2. The number of nitrogens with zero attached hydrogens (tertiary/aromatic N) is 2. The van der Waals surface area contributed by atoms with E-state index in [4.69, 9.17) is 4.74 Å². The maximum absolute atomic E-state index is 12.5. The smallest absolute Gasteiger partial charge is 0.265 e. The van der Waals surface area contributed by atoms with E-state index in [1.54, 1.807) is 36.1 Å². The van der Waals surface area contributed by atoms with Crippen LogP contribution in [-0.2, 0) is 14.8 Å². The molecule has 1 atom stereocenters. The lowest BCUT2D eigenvalue weighted by atomic mass is 10.2. The highest BCUT2D eigenvalue weighted by atomic mass is 32.2. The van der Waals surface area contributed by atoms with Gasteiger partial charge in [0.25, 0.3) is 5.91 Å². The van der Waals surface area contributed by atoms with Gasteiger partial charge in [-0.05, 0) is 32.9 Å². The zero-order valence-electron chi connectivity index (χ0n) is 13.2. The molecule has 1 amide bonds. The van der Waals surface area contributed by atoms with Gasteiger partial charge in [0, 0.05) is 13.1 Å². The molecule has 0 aliphatic carbocycles. The molecule has 6 nitrogen and oxygen atoms in total. The van der Waals surface area contributed by atoms with Crippen LogP contribution in [0, 0.1) is 0 Å². The Kier molecular flexibility index (Phi) is 4.95. The minimum Gasteiger partial charge on any atom is -0.476 e. The van der Waals surface area contributed by atoms with E-state index >= 15 is 0 Å². The van der Waals surface area contributed by atoms with Crippen molar-refractivity contribution in [1.82, 2.24) is 4.90 Å². The summed E-state index contributed by atoms with van der Waals surface area (Å²) in [5.41, 5.74) is 0.493. The van der Waals surface area contributed by atoms with Crippen LogP contribution in [0.15, 0.2) is 24.3 Å². The molecule has 0 saturated heterocycles. The molecular weight excluding hydrogens is 304 g/mol. The van der Waals surface area contributed by atoms with E-state index in [0.29, 0.717) is 24.5 Å². The van der Waals surface area contributed by atoms with Crippen molar-refractivity contribution in [3.05, 3.63) is 24.3 Å². The maximum Gasteiger partial charge on any atom is 0.265 e. The van der Waals surface area contributed by atoms with E-state index in [9.17, 15) is 13.2 Å². The van der Waals surface area contributed by atoms with Crippen LogP contribution in [0.3, 0.4) is 0 Å². The lowest BCUT2D eigenvalue weighted by Crippen LogP contribution is -2.52. The van der Waals surface area contributed by atoms with Crippen molar-refractivity contribution in [1.29, 1.82) is 0 Å². The summed E-state index contributed by atoms with van der Waals surface area (Å²) in [6, 6.07) is 6.91. The van der Waals surface area contributed by atoms with Gasteiger partial charge >= 0.3 is 0 Å². The van der Waals surface area contributed by atoms with Gasteiger partial charge in [0.1, 0.15) is 5.75 Å². The van der Waals surface area contributed by atoms with E-state index in [2.05, 4.69) is 0 Å². The normalized spacial score (nSPS) is 17.6. The number of hydrogen-bond donors (Lipinski definition) is 0. The van der Waals surface area contributed by atoms with E-state index in [-0.39, 0.29) is 18.2 Å². The van der Waals surface area contributed by atoms with Crippen molar-refractivity contribution in [3.63, 3.8) is 0 Å². The summed E-state index contributed by atoms with van der Waals surface area (Å²) in [5.74, 6) is 0.222. The molecule has 0 saturated carbocycles. The second kappa shape index (κ2) is 6.56. The number of anilines is 1. The fourth-order valence-electron chi connectivity index (χ4n) is 2.49. The number of carbonyl (C=O) groups is 1. The monoisotopic (exact) mass is 326 g/mol. The number of fused-ring (bicyclic) bond motifs is 1. The van der Waals surface area contributed by atoms with Crippen LogP contribution in [0.4, 0.5) is 5.69 Å². The molecule has 1 aromatic rings. The van der Waals surface area contributed by atoms with Crippen molar-refractivity contribution in [2.75, 3.05) is 29.7 Å². The zero-order chi connectivity index (χ0) is 16.3. The quantitative estimate of drug-likeness (QED) is 0.822. The maximum atomic E-state index is 12.5. The van der Waals surface area contributed by atoms with Gasteiger partial charge < -0.3 is 9.64 Å². The summed E-state index contributed by atoms with van der Waals surface area (Å²) in [5, 5.41) is 0. The number of rotatable bonds is 5. The highest BCUT2D eigenvalue weighted by molar-refractivity contribution is 7.92. The third-order valence-electron chi connectivity index (χ3n) is 3.79. The Hall–Kier alpha value is -1.76. The lowest BCUT2D eigenvalue weighted by Gasteiger charge is -2.36. The van der Waals surface area contributed by atoms with Crippen molar-refractivity contribution in [2.24, 2.45) is 0 Å². The fraction of sp³-hybridized carbons (Fsp3) is 0.533. The molecule has 0 N–H and O–H groups in total. The number of benzene rings is 1. The highest BCUT2D eigenvalue weighted by Gasteiger charge is 2.37. The van der Waals surface area contributed by atoms with Crippen molar-refractivity contribution >= 4 is 21.6 Å². The molecule has 2 rings (SSSR count). The van der Waals surface area contributed by atoms with Gasteiger partial charge in [0.15, 0.2) is 6.10 Å². The number of ether oxygens (including phenoxy) is 1. The van der Waals surface area contributed by atoms with Crippen molar-refractivity contribution in [2.45, 2.75) is 26.9 Å². The highest BCUT2D eigenvalue weighted by Crippen LogP contribution is 2.35. The van der Waals surface area contributed by atoms with Gasteiger partial charge in [-0.3, -0.25) is 9.10 Å². The van der Waals surface area contributed by atoms with Gasteiger partial charge in [0.05, 0.1) is 18.0 Å². The van der Waals surface area contributed by atoms with Crippen molar-refractivity contribution < 1.29 is 17.9 Å². The summed E-state index contributed by atoms with van der Waals surface area (Å²) in [7, 11) is -3.46. The van der Waals surface area contributed by atoms with Crippen LogP contribution < -0.4 is 9.04 Å². The van der Waals surface area contributed by atoms with E-state index in [0.717, 1.165) is 0 Å². The fourth-order valence-corrected chi connectivity index (χ4v) is 3.61. The van der Waals surface area contributed by atoms with Gasteiger partial charge in [0.2, 0.25) is 10.0 Å². The van der Waals surface area contributed by atoms with E-state index < -0.39 is 16.1 Å². The van der Waals surface area contributed by atoms with Crippen LogP contribution in [-0.4, -0.2) is 50.7 Å². The topological polar surface area (TPSA) is 66.9 Å². The number of hydrogen-bond acceptors (Lipinski definition) is 4. The number of para-hydroxylation sites is 2. The predicted octanol–water partition coefficient (Wildman–Crippen LogP) is 1.47. The largest absolute Gasteiger partial charge is 0.476 e. The lowest BCUT2D eigenvalue weighted by molar-refractivity contribution is -0.138. The first-order chi connectivity index (χ1) is 10.4. The number of carbonyl (C=O) groups excluding carboxylic acids is 1. The zero-order valence-corrected chi connectivity index (χ0v) is 14.0. The van der Waals surface area contributed by atoms with Crippen molar-refractivity contribution in [3.8, 4) is 5.75 Å². The molecule has 0 aromatic heterocycles. The van der Waals surface area contributed by atoms with Crippen LogP contribution in [0.5, 0.6) is 5.75 Å². The molecule has 0 fully saturated rings. The summed E-state index contributed by atoms with van der Waals surface area (Å²) in [6.07, 6.45) is -0.809. The first-order valence-corrected chi connectivity index (χ1v) is 9.10. The standard InChI is InChI=1S/C15H22N2O4S/c1-4-16(5-2)15(18)14-11-17(22(19,20)6-3)12-9-7-8-10-13(12)21-14/h7-10,14H,4-6,11H2,1-3H3/t14-/m1/s1. The van der Waals surface area contributed by atoms with Crippen LogP contribution in [0.25, 0.3) is 0 Å². The molecule has 0 unspecified atom stereocenters. The molecular formula is C15H22N2O4S. The summed E-state index contributed by atoms with van der Waals surface area (Å²) < 4.78 is 31.7. The van der Waals surface area contributed by atoms with E-state index in [1.807, 2.05) is 13.8 Å². The Labute approximate surface area is 131 Å². The molecule has 1 aliphatic heterocycles.